The van der Waals surface area contributed by atoms with E-state index in [2.05, 4.69) is 9.97 Å². The zero-order chi connectivity index (χ0) is 22.4. The number of hydrogen-bond donors (Lipinski definition) is 2. The lowest BCUT2D eigenvalue weighted by Gasteiger charge is -2.64. The van der Waals surface area contributed by atoms with Crippen molar-refractivity contribution in [2.24, 2.45) is 23.2 Å². The molecule has 4 fully saturated rings. The third kappa shape index (κ3) is 2.59. The molecule has 0 saturated heterocycles. The second-order valence-electron chi connectivity index (χ2n) is 10.9. The summed E-state index contributed by atoms with van der Waals surface area (Å²) in [6.07, 6.45) is 11.6. The van der Waals surface area contributed by atoms with Gasteiger partial charge < -0.3 is 14.8 Å². The number of pyridine rings is 1. The monoisotopic (exact) mass is 445 g/mol. The Kier molecular flexibility index (Phi) is 4.05. The summed E-state index contributed by atoms with van der Waals surface area (Å²) in [6.45, 7) is 0. The van der Waals surface area contributed by atoms with E-state index >= 15 is 0 Å². The largest absolute Gasteiger partial charge is 0.392 e. The van der Waals surface area contributed by atoms with Crippen LogP contribution in [0.3, 0.4) is 0 Å². The topological polar surface area (TPSA) is 71.2 Å². The minimum atomic E-state index is -0.863. The zero-order valence-electron chi connectivity index (χ0n) is 18.4. The number of hydrogen-bond acceptors (Lipinski definition) is 4. The summed E-state index contributed by atoms with van der Waals surface area (Å²) in [4.78, 5) is 8.57. The minimum Gasteiger partial charge on any atom is -0.392 e. The number of aromatic nitrogens is 3. The quantitative estimate of drug-likeness (QED) is 0.622. The molecule has 0 spiro atoms. The molecule has 5 nitrogen and oxygen atoms in total. The van der Waals surface area contributed by atoms with Crippen LogP contribution in [-0.4, -0.2) is 30.9 Å². The number of halogens is 1. The van der Waals surface area contributed by atoms with Gasteiger partial charge >= 0.3 is 0 Å². The van der Waals surface area contributed by atoms with Gasteiger partial charge in [-0.3, -0.25) is 4.98 Å². The molecule has 4 aliphatic carbocycles. The van der Waals surface area contributed by atoms with Crippen LogP contribution in [0.15, 0.2) is 55.2 Å². The van der Waals surface area contributed by atoms with E-state index in [1.807, 2.05) is 29.0 Å². The molecule has 4 unspecified atom stereocenters. The molecule has 0 amide bonds. The van der Waals surface area contributed by atoms with E-state index in [0.717, 1.165) is 48.9 Å². The molecule has 0 radical (unpaired) electrons. The highest BCUT2D eigenvalue weighted by Gasteiger charge is 2.64. The van der Waals surface area contributed by atoms with Crippen LogP contribution in [0.4, 0.5) is 4.39 Å². The Balaban J connectivity index is 1.22. The van der Waals surface area contributed by atoms with Crippen molar-refractivity contribution in [2.75, 3.05) is 0 Å². The van der Waals surface area contributed by atoms with Gasteiger partial charge in [0.25, 0.3) is 0 Å². The fourth-order valence-corrected chi connectivity index (χ4v) is 8.22. The third-order valence-corrected chi connectivity index (χ3v) is 9.42. The number of rotatable bonds is 4. The Bertz CT molecular complexity index is 1210. The maximum Gasteiger partial charge on any atom is 0.129 e. The SMILES string of the molecule is OC(CC1c2c(F)cccc2-c2cncn21)C12CC3CC(C1)C(O)(c1cccnc1)C(C3)C2. The van der Waals surface area contributed by atoms with E-state index in [0.29, 0.717) is 17.9 Å². The van der Waals surface area contributed by atoms with Crippen LogP contribution in [0, 0.1) is 29.0 Å². The number of aliphatic hydroxyl groups excluding tert-OH is 1. The fraction of sp³-hybridized carbons (Fsp3) is 0.481. The molecule has 1 aliphatic heterocycles. The Hall–Kier alpha value is -2.57. The van der Waals surface area contributed by atoms with Gasteiger partial charge in [0.1, 0.15) is 5.82 Å². The van der Waals surface area contributed by atoms with Gasteiger partial charge in [0.05, 0.1) is 36.0 Å². The van der Waals surface area contributed by atoms with Crippen LogP contribution < -0.4 is 0 Å². The van der Waals surface area contributed by atoms with Crippen LogP contribution in [0.2, 0.25) is 0 Å². The predicted molar refractivity (Wildman–Crippen MR) is 121 cm³/mol. The molecule has 4 atom stereocenters. The van der Waals surface area contributed by atoms with Crippen molar-refractivity contribution in [3.63, 3.8) is 0 Å². The van der Waals surface area contributed by atoms with Crippen molar-refractivity contribution in [2.45, 2.75) is 56.3 Å². The molecule has 3 aromatic rings. The summed E-state index contributed by atoms with van der Waals surface area (Å²) >= 11 is 0. The van der Waals surface area contributed by atoms with Crippen molar-refractivity contribution in [1.29, 1.82) is 0 Å². The van der Waals surface area contributed by atoms with Crippen molar-refractivity contribution in [3.05, 3.63) is 72.2 Å². The van der Waals surface area contributed by atoms with E-state index < -0.39 is 11.7 Å². The van der Waals surface area contributed by atoms with E-state index in [-0.39, 0.29) is 29.1 Å². The number of benzene rings is 1. The van der Waals surface area contributed by atoms with Gasteiger partial charge in [-0.2, -0.15) is 0 Å². The second kappa shape index (κ2) is 6.73. The number of nitrogens with zero attached hydrogens (tertiary/aromatic N) is 3. The number of aliphatic hydroxyl groups is 2. The van der Waals surface area contributed by atoms with Gasteiger partial charge in [-0.05, 0) is 73.8 Å². The lowest BCUT2D eigenvalue weighted by atomic mass is 9.42. The Morgan fingerprint density at radius 3 is 2.64 bits per heavy atom. The first kappa shape index (κ1) is 19.9. The normalized spacial score (nSPS) is 36.6. The highest BCUT2D eigenvalue weighted by Crippen LogP contribution is 2.67. The number of imidazole rings is 1. The first-order valence-corrected chi connectivity index (χ1v) is 12.1. The maximum absolute atomic E-state index is 14.9. The molecule has 5 aliphatic rings. The predicted octanol–water partition coefficient (Wildman–Crippen LogP) is 4.45. The van der Waals surface area contributed by atoms with Gasteiger partial charge in [-0.1, -0.05) is 18.2 Å². The first-order valence-electron chi connectivity index (χ1n) is 12.1. The maximum atomic E-state index is 14.9. The summed E-state index contributed by atoms with van der Waals surface area (Å²) in [6, 6.07) is 8.84. The smallest absolute Gasteiger partial charge is 0.129 e. The van der Waals surface area contributed by atoms with Gasteiger partial charge in [-0.15, -0.1) is 0 Å². The van der Waals surface area contributed by atoms with Gasteiger partial charge in [0.2, 0.25) is 0 Å². The first-order chi connectivity index (χ1) is 16.0. The molecule has 4 bridgehead atoms. The van der Waals surface area contributed by atoms with Crippen LogP contribution in [0.25, 0.3) is 11.3 Å². The van der Waals surface area contributed by atoms with E-state index in [1.165, 1.54) is 6.07 Å². The van der Waals surface area contributed by atoms with Crippen molar-refractivity contribution < 1.29 is 14.6 Å². The average molecular weight is 446 g/mol. The van der Waals surface area contributed by atoms with Crippen molar-refractivity contribution in [1.82, 2.24) is 14.5 Å². The molecule has 3 heterocycles. The fourth-order valence-electron chi connectivity index (χ4n) is 8.22. The minimum absolute atomic E-state index is 0.124. The summed E-state index contributed by atoms with van der Waals surface area (Å²) in [7, 11) is 0. The zero-order valence-corrected chi connectivity index (χ0v) is 18.4. The molecular weight excluding hydrogens is 417 g/mol. The average Bonchev–Trinajstić information content (AvgIpc) is 3.41. The van der Waals surface area contributed by atoms with Crippen molar-refractivity contribution in [3.8, 4) is 11.3 Å². The van der Waals surface area contributed by atoms with Crippen LogP contribution in [-0.2, 0) is 5.60 Å². The lowest BCUT2D eigenvalue weighted by Crippen LogP contribution is -2.62. The number of fused-ring (bicyclic) bond motifs is 3. The summed E-state index contributed by atoms with van der Waals surface area (Å²) in [5.41, 5.74) is 2.29. The van der Waals surface area contributed by atoms with E-state index in [9.17, 15) is 14.6 Å². The molecule has 33 heavy (non-hydrogen) atoms. The molecular formula is C27H28FN3O2. The van der Waals surface area contributed by atoms with E-state index in [1.54, 1.807) is 24.8 Å². The highest BCUT2D eigenvalue weighted by atomic mass is 19.1. The molecule has 8 rings (SSSR count). The van der Waals surface area contributed by atoms with Crippen LogP contribution >= 0.6 is 0 Å². The van der Waals surface area contributed by atoms with E-state index in [4.69, 9.17) is 0 Å². The van der Waals surface area contributed by atoms with Crippen molar-refractivity contribution >= 4 is 0 Å². The van der Waals surface area contributed by atoms with Crippen LogP contribution in [0.1, 0.15) is 55.7 Å². The molecule has 170 valence electrons. The molecule has 6 heteroatoms. The van der Waals surface area contributed by atoms with Gasteiger partial charge in [0.15, 0.2) is 0 Å². The highest BCUT2D eigenvalue weighted by molar-refractivity contribution is 5.69. The summed E-state index contributed by atoms with van der Waals surface area (Å²) < 4.78 is 16.9. The summed E-state index contributed by atoms with van der Waals surface area (Å²) in [5, 5.41) is 23.7. The Labute approximate surface area is 192 Å². The van der Waals surface area contributed by atoms with Gasteiger partial charge in [-0.25, -0.2) is 9.37 Å². The molecule has 4 saturated carbocycles. The summed E-state index contributed by atoms with van der Waals surface area (Å²) in [5.74, 6) is 0.563. The van der Waals surface area contributed by atoms with Crippen LogP contribution in [0.5, 0.6) is 0 Å². The standard InChI is InChI=1S/C27H28FN3O2/c28-21-5-1-4-20-23-14-30-15-31(23)22(25(20)21)9-24(32)26-10-16-7-18(11-26)27(33,19(8-16)12-26)17-3-2-6-29-13-17/h1-6,13-16,18-19,22,24,32-33H,7-12H2. The molecule has 1 aromatic carbocycles. The Morgan fingerprint density at radius 2 is 1.88 bits per heavy atom. The molecule has 2 aromatic heterocycles. The second-order valence-corrected chi connectivity index (χ2v) is 10.9. The molecule has 2 N–H and O–H groups in total. The third-order valence-electron chi connectivity index (χ3n) is 9.42. The van der Waals surface area contributed by atoms with Gasteiger partial charge in [0, 0.05) is 29.1 Å². The lowest BCUT2D eigenvalue weighted by molar-refractivity contribution is -0.230. The Morgan fingerprint density at radius 1 is 1.06 bits per heavy atom.